The predicted molar refractivity (Wildman–Crippen MR) is 65.2 cm³/mol. The van der Waals surface area contributed by atoms with Gasteiger partial charge < -0.3 is 16.2 Å². The number of halogens is 3. The van der Waals surface area contributed by atoms with E-state index in [9.17, 15) is 13.2 Å². The van der Waals surface area contributed by atoms with Crippen molar-refractivity contribution in [1.82, 2.24) is 0 Å². The Morgan fingerprint density at radius 2 is 1.89 bits per heavy atom. The molecular weight excluding hydrogens is 245 g/mol. The van der Waals surface area contributed by atoms with Gasteiger partial charge in [-0.3, -0.25) is 0 Å². The Kier molecular flexibility index (Phi) is 4.11. The average molecular weight is 262 g/mol. The maximum absolute atomic E-state index is 12.6. The van der Waals surface area contributed by atoms with Crippen LogP contribution in [0.3, 0.4) is 0 Å². The van der Waals surface area contributed by atoms with E-state index in [2.05, 4.69) is 5.32 Å². The summed E-state index contributed by atoms with van der Waals surface area (Å²) in [6.07, 6.45) is -4.46. The van der Waals surface area contributed by atoms with Crippen molar-refractivity contribution in [3.05, 3.63) is 23.8 Å². The van der Waals surface area contributed by atoms with Crippen molar-refractivity contribution in [3.8, 4) is 0 Å². The lowest BCUT2D eigenvalue weighted by molar-refractivity contribution is -0.136. The molecule has 0 aliphatic rings. The first-order valence-electron chi connectivity index (χ1n) is 5.47. The fourth-order valence-electron chi connectivity index (χ4n) is 1.31. The molecule has 3 nitrogen and oxygen atoms in total. The molecule has 0 bridgehead atoms. The first-order chi connectivity index (χ1) is 8.15. The molecule has 0 aromatic heterocycles. The normalized spacial score (nSPS) is 12.6. The third kappa shape index (κ3) is 3.80. The molecule has 0 heterocycles. The summed E-state index contributed by atoms with van der Waals surface area (Å²) >= 11 is 0. The van der Waals surface area contributed by atoms with Gasteiger partial charge in [-0.1, -0.05) is 13.8 Å². The van der Waals surface area contributed by atoms with Gasteiger partial charge in [0.05, 0.1) is 5.56 Å². The summed E-state index contributed by atoms with van der Waals surface area (Å²) in [6.45, 7) is 3.93. The second-order valence-electron chi connectivity index (χ2n) is 4.98. The summed E-state index contributed by atoms with van der Waals surface area (Å²) in [5.41, 5.74) is 4.08. The van der Waals surface area contributed by atoms with E-state index < -0.39 is 17.2 Å². The Morgan fingerprint density at radius 1 is 1.28 bits per heavy atom. The van der Waals surface area contributed by atoms with Gasteiger partial charge in [-0.15, -0.1) is 0 Å². The molecule has 1 rings (SSSR count). The topological polar surface area (TPSA) is 58.3 Å². The smallest absolute Gasteiger partial charge is 0.398 e. The van der Waals surface area contributed by atoms with Crippen LogP contribution in [0.2, 0.25) is 0 Å². The second-order valence-corrected chi connectivity index (χ2v) is 4.98. The number of aliphatic hydroxyl groups is 1. The zero-order valence-electron chi connectivity index (χ0n) is 10.3. The number of aliphatic hydroxyl groups excluding tert-OH is 1. The number of hydrogen-bond donors (Lipinski definition) is 3. The zero-order chi connectivity index (χ0) is 14.0. The van der Waals surface area contributed by atoms with Crippen molar-refractivity contribution in [2.75, 3.05) is 24.2 Å². The van der Waals surface area contributed by atoms with Crippen LogP contribution >= 0.6 is 0 Å². The predicted octanol–water partition coefficient (Wildman–Crippen LogP) is 2.72. The van der Waals surface area contributed by atoms with Gasteiger partial charge in [-0.05, 0) is 18.2 Å². The van der Waals surface area contributed by atoms with Gasteiger partial charge in [0.1, 0.15) is 0 Å². The number of hydrogen-bond acceptors (Lipinski definition) is 3. The van der Waals surface area contributed by atoms with E-state index in [1.807, 2.05) is 13.8 Å². The lowest BCUT2D eigenvalue weighted by atomic mass is 9.95. The maximum Gasteiger partial charge on any atom is 0.418 e. The van der Waals surface area contributed by atoms with E-state index in [0.29, 0.717) is 12.2 Å². The molecule has 0 fully saturated rings. The average Bonchev–Trinajstić information content (AvgIpc) is 2.26. The maximum atomic E-state index is 12.6. The molecule has 1 aromatic rings. The van der Waals surface area contributed by atoms with Gasteiger partial charge in [0.2, 0.25) is 0 Å². The molecule has 0 saturated carbocycles. The minimum Gasteiger partial charge on any atom is -0.398 e. The molecule has 6 heteroatoms. The number of benzene rings is 1. The van der Waals surface area contributed by atoms with Gasteiger partial charge >= 0.3 is 6.18 Å². The molecule has 0 amide bonds. The zero-order valence-corrected chi connectivity index (χ0v) is 10.3. The van der Waals surface area contributed by atoms with Crippen molar-refractivity contribution < 1.29 is 18.3 Å². The number of nitrogens with one attached hydrogen (secondary N) is 1. The SMILES string of the molecule is CC(C)(CO)CNc1ccc(N)c(C(F)(F)F)c1. The van der Waals surface area contributed by atoms with Crippen LogP contribution in [-0.4, -0.2) is 18.3 Å². The standard InChI is InChI=1S/C12H17F3N2O/c1-11(2,7-18)6-17-8-3-4-10(16)9(5-8)12(13,14)15/h3-5,17-18H,6-7,16H2,1-2H3. The van der Waals surface area contributed by atoms with Crippen molar-refractivity contribution in [1.29, 1.82) is 0 Å². The summed E-state index contributed by atoms with van der Waals surface area (Å²) < 4.78 is 37.9. The Hall–Kier alpha value is -1.43. The van der Waals surface area contributed by atoms with E-state index in [4.69, 9.17) is 10.8 Å². The second kappa shape index (κ2) is 5.06. The van der Waals surface area contributed by atoms with Crippen LogP contribution in [0.25, 0.3) is 0 Å². The summed E-state index contributed by atoms with van der Waals surface area (Å²) in [7, 11) is 0. The quantitative estimate of drug-likeness (QED) is 0.731. The van der Waals surface area contributed by atoms with Crippen LogP contribution < -0.4 is 11.1 Å². The molecule has 4 N–H and O–H groups in total. The van der Waals surface area contributed by atoms with Crippen molar-refractivity contribution >= 4 is 11.4 Å². The fraction of sp³-hybridized carbons (Fsp3) is 0.500. The third-order valence-electron chi connectivity index (χ3n) is 2.56. The van der Waals surface area contributed by atoms with E-state index in [1.54, 1.807) is 0 Å². The van der Waals surface area contributed by atoms with E-state index in [1.165, 1.54) is 12.1 Å². The first kappa shape index (κ1) is 14.6. The minimum atomic E-state index is -4.46. The molecule has 0 saturated heterocycles. The molecule has 0 aliphatic carbocycles. The summed E-state index contributed by atoms with van der Waals surface area (Å²) in [4.78, 5) is 0. The van der Waals surface area contributed by atoms with Crippen LogP contribution in [0.1, 0.15) is 19.4 Å². The Morgan fingerprint density at radius 3 is 2.39 bits per heavy atom. The van der Waals surface area contributed by atoms with Gasteiger partial charge in [-0.25, -0.2) is 0 Å². The number of nitrogen functional groups attached to an aromatic ring is 1. The molecule has 0 radical (unpaired) electrons. The Labute approximate surface area is 104 Å². The molecule has 18 heavy (non-hydrogen) atoms. The van der Waals surface area contributed by atoms with Crippen LogP contribution in [0.4, 0.5) is 24.5 Å². The van der Waals surface area contributed by atoms with Gasteiger partial charge in [0.15, 0.2) is 0 Å². The molecule has 0 spiro atoms. The summed E-state index contributed by atoms with van der Waals surface area (Å²) in [5, 5.41) is 11.9. The lowest BCUT2D eigenvalue weighted by Crippen LogP contribution is -2.26. The van der Waals surface area contributed by atoms with Gasteiger partial charge in [-0.2, -0.15) is 13.2 Å². The monoisotopic (exact) mass is 262 g/mol. The first-order valence-corrected chi connectivity index (χ1v) is 5.47. The largest absolute Gasteiger partial charge is 0.418 e. The van der Waals surface area contributed by atoms with Crippen molar-refractivity contribution in [2.45, 2.75) is 20.0 Å². The van der Waals surface area contributed by atoms with Crippen molar-refractivity contribution in [2.24, 2.45) is 5.41 Å². The van der Waals surface area contributed by atoms with Crippen molar-refractivity contribution in [3.63, 3.8) is 0 Å². The molecule has 0 atom stereocenters. The highest BCUT2D eigenvalue weighted by molar-refractivity contribution is 5.58. The Balaban J connectivity index is 2.87. The molecular formula is C12H17F3N2O. The van der Waals surface area contributed by atoms with Crippen LogP contribution in [0.5, 0.6) is 0 Å². The van der Waals surface area contributed by atoms with Gasteiger partial charge in [0, 0.05) is 29.9 Å². The van der Waals surface area contributed by atoms with E-state index in [-0.39, 0.29) is 12.3 Å². The molecule has 0 unspecified atom stereocenters. The summed E-state index contributed by atoms with van der Waals surface area (Å²) in [5.74, 6) is 0. The third-order valence-corrected chi connectivity index (χ3v) is 2.56. The number of nitrogens with two attached hydrogens (primary N) is 1. The summed E-state index contributed by atoms with van der Waals surface area (Å²) in [6, 6.07) is 3.68. The highest BCUT2D eigenvalue weighted by Crippen LogP contribution is 2.35. The van der Waals surface area contributed by atoms with Gasteiger partial charge in [0.25, 0.3) is 0 Å². The minimum absolute atomic E-state index is 0.0545. The molecule has 102 valence electrons. The highest BCUT2D eigenvalue weighted by Gasteiger charge is 2.33. The van der Waals surface area contributed by atoms with Crippen LogP contribution in [-0.2, 0) is 6.18 Å². The highest BCUT2D eigenvalue weighted by atomic mass is 19.4. The van der Waals surface area contributed by atoms with E-state index in [0.717, 1.165) is 6.07 Å². The number of alkyl halides is 3. The van der Waals surface area contributed by atoms with Crippen LogP contribution in [0, 0.1) is 5.41 Å². The fourth-order valence-corrected chi connectivity index (χ4v) is 1.31. The van der Waals surface area contributed by atoms with Crippen LogP contribution in [0.15, 0.2) is 18.2 Å². The Bertz CT molecular complexity index is 416. The number of anilines is 2. The lowest BCUT2D eigenvalue weighted by Gasteiger charge is -2.23. The number of rotatable bonds is 4. The molecule has 0 aliphatic heterocycles. The van der Waals surface area contributed by atoms with E-state index >= 15 is 0 Å². The molecule has 1 aromatic carbocycles.